The molecule has 0 saturated heterocycles. The first-order chi connectivity index (χ1) is 19.0. The molecule has 0 amide bonds. The number of benzene rings is 2. The first kappa shape index (κ1) is 28.5. The van der Waals surface area contributed by atoms with Crippen molar-refractivity contribution in [1.82, 2.24) is 4.90 Å². The molecule has 5 rings (SSSR count). The van der Waals surface area contributed by atoms with Gasteiger partial charge in [-0.05, 0) is 108 Å². The van der Waals surface area contributed by atoms with Gasteiger partial charge in [0.15, 0.2) is 0 Å². The average molecular weight is 541 g/mol. The van der Waals surface area contributed by atoms with Crippen molar-refractivity contribution in [3.8, 4) is 5.75 Å². The molecule has 2 aromatic carbocycles. The second-order valence-corrected chi connectivity index (χ2v) is 12.8. The summed E-state index contributed by atoms with van der Waals surface area (Å²) in [5.41, 5.74) is 10.9. The number of anilines is 1. The van der Waals surface area contributed by atoms with Crippen LogP contribution >= 0.6 is 0 Å². The molecule has 1 atom stereocenters. The fraction of sp³-hybridized carbons (Fsp3) is 0.500. The summed E-state index contributed by atoms with van der Waals surface area (Å²) in [5.74, 6) is 0.934. The normalized spacial score (nSPS) is 21.4. The molecule has 4 heteroatoms. The number of ether oxygens (including phenoxy) is 2. The Kier molecular flexibility index (Phi) is 7.94. The first-order valence-electron chi connectivity index (χ1n) is 15.2. The van der Waals surface area contributed by atoms with Crippen LogP contribution in [0.25, 0.3) is 5.57 Å². The highest BCUT2D eigenvalue weighted by molar-refractivity contribution is 5.82. The van der Waals surface area contributed by atoms with Crippen LogP contribution in [0.3, 0.4) is 0 Å². The van der Waals surface area contributed by atoms with Gasteiger partial charge in [0.05, 0.1) is 23.8 Å². The Hall–Kier alpha value is -2.98. The summed E-state index contributed by atoms with van der Waals surface area (Å²) in [6, 6.07) is 15.8. The predicted octanol–water partition coefficient (Wildman–Crippen LogP) is 8.67. The van der Waals surface area contributed by atoms with Gasteiger partial charge in [-0.2, -0.15) is 0 Å². The van der Waals surface area contributed by atoms with Gasteiger partial charge in [-0.1, -0.05) is 36.4 Å². The zero-order chi connectivity index (χ0) is 28.7. The molecule has 0 fully saturated rings. The summed E-state index contributed by atoms with van der Waals surface area (Å²) in [5, 5.41) is 0. The van der Waals surface area contributed by atoms with Gasteiger partial charge >= 0.3 is 0 Å². The van der Waals surface area contributed by atoms with Gasteiger partial charge in [0.25, 0.3) is 0 Å². The molecular formula is C36H48N2O2. The summed E-state index contributed by atoms with van der Waals surface area (Å²) in [4.78, 5) is 5.14. The lowest BCUT2D eigenvalue weighted by Gasteiger charge is -2.47. The first-order valence-corrected chi connectivity index (χ1v) is 15.2. The highest BCUT2D eigenvalue weighted by Gasteiger charge is 2.36. The van der Waals surface area contributed by atoms with Crippen LogP contribution in [-0.4, -0.2) is 35.3 Å². The molecule has 0 saturated carbocycles. The van der Waals surface area contributed by atoms with Crippen LogP contribution in [0.1, 0.15) is 91.3 Å². The SMILES string of the molecule is CCOc1ccc2c(c1)N(Cc1ccc(CN3C4=C(CC[C@H](OCC)C4)C(C)=CC3(C)C)cc1)C(C)(C)C=C2C. The number of hydrogen-bond acceptors (Lipinski definition) is 4. The van der Waals surface area contributed by atoms with Crippen molar-refractivity contribution in [2.75, 3.05) is 18.1 Å². The van der Waals surface area contributed by atoms with E-state index in [0.29, 0.717) is 12.7 Å². The quantitative estimate of drug-likeness (QED) is 0.334. The highest BCUT2D eigenvalue weighted by atomic mass is 16.5. The van der Waals surface area contributed by atoms with E-state index in [0.717, 1.165) is 44.7 Å². The van der Waals surface area contributed by atoms with Crippen LogP contribution in [0.2, 0.25) is 0 Å². The summed E-state index contributed by atoms with van der Waals surface area (Å²) in [6.45, 7) is 21.2. The van der Waals surface area contributed by atoms with Crippen molar-refractivity contribution in [3.05, 3.63) is 88.2 Å². The molecule has 0 spiro atoms. The smallest absolute Gasteiger partial charge is 0.121 e. The number of hydrogen-bond donors (Lipinski definition) is 0. The Morgan fingerprint density at radius 2 is 1.43 bits per heavy atom. The second-order valence-electron chi connectivity index (χ2n) is 12.8. The number of rotatable bonds is 8. The van der Waals surface area contributed by atoms with E-state index in [1.807, 2.05) is 6.92 Å². The van der Waals surface area contributed by atoms with Gasteiger partial charge in [0.2, 0.25) is 0 Å². The van der Waals surface area contributed by atoms with Crippen LogP contribution in [0.15, 0.2) is 71.5 Å². The maximum atomic E-state index is 6.09. The largest absolute Gasteiger partial charge is 0.494 e. The summed E-state index contributed by atoms with van der Waals surface area (Å²) in [7, 11) is 0. The van der Waals surface area contributed by atoms with Crippen molar-refractivity contribution >= 4 is 11.3 Å². The topological polar surface area (TPSA) is 24.9 Å². The molecule has 0 radical (unpaired) electrons. The zero-order valence-electron chi connectivity index (χ0n) is 25.9. The van der Waals surface area contributed by atoms with Gasteiger partial charge < -0.3 is 19.3 Å². The molecule has 3 aliphatic rings. The Balaban J connectivity index is 1.38. The van der Waals surface area contributed by atoms with Crippen molar-refractivity contribution in [1.29, 1.82) is 0 Å². The summed E-state index contributed by atoms with van der Waals surface area (Å²) < 4.78 is 12.0. The molecule has 2 aromatic rings. The van der Waals surface area contributed by atoms with Crippen LogP contribution in [0, 0.1) is 0 Å². The van der Waals surface area contributed by atoms with E-state index in [1.54, 1.807) is 0 Å². The van der Waals surface area contributed by atoms with Crippen molar-refractivity contribution in [3.63, 3.8) is 0 Å². The molecule has 2 aliphatic heterocycles. The van der Waals surface area contributed by atoms with Gasteiger partial charge in [-0.3, -0.25) is 0 Å². The highest BCUT2D eigenvalue weighted by Crippen LogP contribution is 2.43. The maximum Gasteiger partial charge on any atom is 0.121 e. The predicted molar refractivity (Wildman–Crippen MR) is 168 cm³/mol. The molecule has 4 nitrogen and oxygen atoms in total. The summed E-state index contributed by atoms with van der Waals surface area (Å²) in [6.07, 6.45) is 8.42. The third kappa shape index (κ3) is 5.61. The van der Waals surface area contributed by atoms with Crippen LogP contribution in [-0.2, 0) is 17.8 Å². The van der Waals surface area contributed by atoms with Gasteiger partial charge in [-0.25, -0.2) is 0 Å². The Bertz CT molecular complexity index is 1330. The maximum absolute atomic E-state index is 6.09. The minimum Gasteiger partial charge on any atom is -0.494 e. The molecular weight excluding hydrogens is 492 g/mol. The van der Waals surface area contributed by atoms with Crippen molar-refractivity contribution < 1.29 is 9.47 Å². The van der Waals surface area contributed by atoms with Crippen molar-refractivity contribution in [2.24, 2.45) is 0 Å². The third-order valence-electron chi connectivity index (χ3n) is 8.92. The average Bonchev–Trinajstić information content (AvgIpc) is 2.89. The molecule has 1 aliphatic carbocycles. The van der Waals surface area contributed by atoms with Gasteiger partial charge in [0, 0.05) is 49.1 Å². The van der Waals surface area contributed by atoms with E-state index in [4.69, 9.17) is 9.47 Å². The lowest BCUT2D eigenvalue weighted by atomic mass is 9.81. The Labute approximate surface area is 242 Å². The zero-order valence-corrected chi connectivity index (χ0v) is 25.9. The minimum atomic E-state index is -0.0937. The van der Waals surface area contributed by atoms with E-state index >= 15 is 0 Å². The molecule has 0 N–H and O–H groups in total. The number of nitrogens with zero attached hydrogens (tertiary/aromatic N) is 2. The van der Waals surface area contributed by atoms with Crippen LogP contribution < -0.4 is 9.64 Å². The number of allylic oxidation sites excluding steroid dienone is 3. The molecule has 214 valence electrons. The third-order valence-corrected chi connectivity index (χ3v) is 8.92. The second kappa shape index (κ2) is 11.1. The van der Waals surface area contributed by atoms with E-state index in [9.17, 15) is 0 Å². The molecule has 2 heterocycles. The Morgan fingerprint density at radius 1 is 0.800 bits per heavy atom. The number of fused-ring (bicyclic) bond motifs is 1. The van der Waals surface area contributed by atoms with E-state index < -0.39 is 0 Å². The van der Waals surface area contributed by atoms with Crippen molar-refractivity contribution in [2.45, 2.75) is 105 Å². The van der Waals surface area contributed by atoms with Crippen LogP contribution in [0.4, 0.5) is 5.69 Å². The van der Waals surface area contributed by atoms with E-state index in [1.165, 1.54) is 44.8 Å². The van der Waals surface area contributed by atoms with Gasteiger partial charge in [-0.15, -0.1) is 0 Å². The fourth-order valence-corrected chi connectivity index (χ4v) is 7.03. The standard InChI is InChI=1S/C36H48N2O2/c1-9-39-29-15-17-31-25(3)21-35(5,6)37(33(31)19-29)23-27-11-13-28(14-12-27)24-38-34-20-30(40-10-2)16-18-32(34)26(4)22-36(38,7)8/h11-15,17,19,21-22,30H,9-10,16,18,20,23-24H2,1-8H3/t30-/m0/s1. The molecule has 40 heavy (non-hydrogen) atoms. The Morgan fingerprint density at radius 3 is 2.08 bits per heavy atom. The monoisotopic (exact) mass is 540 g/mol. The molecule has 0 unspecified atom stereocenters. The van der Waals surface area contributed by atoms with E-state index in [2.05, 4.69) is 113 Å². The summed E-state index contributed by atoms with van der Waals surface area (Å²) >= 11 is 0. The van der Waals surface area contributed by atoms with Crippen LogP contribution in [0.5, 0.6) is 5.75 Å². The van der Waals surface area contributed by atoms with E-state index in [-0.39, 0.29) is 11.1 Å². The lowest BCUT2D eigenvalue weighted by Crippen LogP contribution is -2.46. The molecule has 0 bridgehead atoms. The molecule has 0 aromatic heterocycles. The lowest BCUT2D eigenvalue weighted by molar-refractivity contribution is 0.0402. The fourth-order valence-electron chi connectivity index (χ4n) is 7.03. The van der Waals surface area contributed by atoms with Gasteiger partial charge in [0.1, 0.15) is 5.75 Å². The minimum absolute atomic E-state index is 0.0281.